The van der Waals surface area contributed by atoms with Crippen molar-refractivity contribution in [3.05, 3.63) is 101 Å². The lowest BCUT2D eigenvalue weighted by Gasteiger charge is -2.63. The first-order chi connectivity index (χ1) is 18.6. The number of aryl methyl sites for hydroxylation is 2. The number of phenolic OH excluding ortho intramolecular Hbond substituents is 1. The van der Waals surface area contributed by atoms with Crippen molar-refractivity contribution in [1.82, 2.24) is 0 Å². The maximum atomic E-state index is 13.4. The van der Waals surface area contributed by atoms with Gasteiger partial charge in [-0.3, -0.25) is 4.79 Å². The first-order valence-corrected chi connectivity index (χ1v) is 13.9. The molecule has 0 radical (unpaired) electrons. The normalized spacial score (nSPS) is 28.2. The highest BCUT2D eigenvalue weighted by atomic mass is 16.5. The molecule has 194 valence electrons. The Bertz CT molecular complexity index is 1430. The molecule has 7 rings (SSSR count). The van der Waals surface area contributed by atoms with Crippen LogP contribution in [0.15, 0.2) is 78.9 Å². The molecule has 0 amide bonds. The third-order valence-corrected chi connectivity index (χ3v) is 9.31. The fourth-order valence-electron chi connectivity index (χ4n) is 7.71. The number of para-hydroxylation sites is 1. The predicted molar refractivity (Wildman–Crippen MR) is 147 cm³/mol. The van der Waals surface area contributed by atoms with Gasteiger partial charge >= 0.3 is 0 Å². The standard InChI is InChI=1S/C33H33NO4/c1-2-23-12-6-7-13-25(23)34-19-18-32-29-24-14-15-26(35)30(29)38-31(32)27(36)16-17-33(32,28(34)21-24)37-20-8-11-22-9-4-3-5-10-22/h3-7,9-10,12-17,28,31,35H,2,8,11,18-21H2,1H3/t28-,31+,32+,33-/m1/s1. The summed E-state index contributed by atoms with van der Waals surface area (Å²) in [5, 5.41) is 10.8. The summed E-state index contributed by atoms with van der Waals surface area (Å²) in [4.78, 5) is 15.9. The molecule has 0 aromatic heterocycles. The van der Waals surface area contributed by atoms with E-state index in [0.29, 0.717) is 18.8 Å². The number of nitrogens with zero attached hydrogens (tertiary/aromatic N) is 1. The molecule has 5 nitrogen and oxygen atoms in total. The zero-order chi connectivity index (χ0) is 25.9. The molecule has 1 spiro atoms. The number of ketones is 1. The van der Waals surface area contributed by atoms with Crippen LogP contribution in [0.5, 0.6) is 11.5 Å². The highest BCUT2D eigenvalue weighted by Crippen LogP contribution is 2.65. The van der Waals surface area contributed by atoms with Crippen molar-refractivity contribution in [2.45, 2.75) is 62.2 Å². The maximum Gasteiger partial charge on any atom is 0.196 e. The van der Waals surface area contributed by atoms with Crippen LogP contribution in [0.2, 0.25) is 0 Å². The van der Waals surface area contributed by atoms with Gasteiger partial charge in [0, 0.05) is 24.4 Å². The van der Waals surface area contributed by atoms with Gasteiger partial charge in [0.2, 0.25) is 0 Å². The number of aromatic hydroxyl groups is 1. The first kappa shape index (κ1) is 23.5. The Kier molecular flexibility index (Phi) is 5.41. The fraction of sp³-hybridized carbons (Fsp3) is 0.364. The van der Waals surface area contributed by atoms with Crippen molar-refractivity contribution in [1.29, 1.82) is 0 Å². The van der Waals surface area contributed by atoms with Gasteiger partial charge < -0.3 is 19.5 Å². The minimum absolute atomic E-state index is 0.000817. The molecule has 1 N–H and O–H groups in total. The van der Waals surface area contributed by atoms with E-state index in [1.807, 2.05) is 18.2 Å². The van der Waals surface area contributed by atoms with Crippen LogP contribution in [-0.2, 0) is 34.2 Å². The van der Waals surface area contributed by atoms with Gasteiger partial charge in [-0.1, -0.05) is 61.5 Å². The van der Waals surface area contributed by atoms with Gasteiger partial charge in [-0.2, -0.15) is 0 Å². The highest BCUT2D eigenvalue weighted by Gasteiger charge is 2.73. The van der Waals surface area contributed by atoms with Crippen molar-refractivity contribution >= 4 is 11.5 Å². The number of ether oxygens (including phenoxy) is 2. The van der Waals surface area contributed by atoms with E-state index >= 15 is 0 Å². The molecule has 4 atom stereocenters. The molecule has 38 heavy (non-hydrogen) atoms. The number of phenols is 1. The van der Waals surface area contributed by atoms with E-state index in [0.717, 1.165) is 43.4 Å². The number of anilines is 1. The van der Waals surface area contributed by atoms with E-state index in [1.165, 1.54) is 16.8 Å². The summed E-state index contributed by atoms with van der Waals surface area (Å²) in [6.45, 7) is 3.57. The van der Waals surface area contributed by atoms with E-state index in [1.54, 1.807) is 12.1 Å². The molecule has 3 aromatic carbocycles. The van der Waals surface area contributed by atoms with Crippen LogP contribution < -0.4 is 9.64 Å². The number of piperidine rings is 1. The zero-order valence-corrected chi connectivity index (χ0v) is 21.7. The Morgan fingerprint density at radius 3 is 2.74 bits per heavy atom. The van der Waals surface area contributed by atoms with E-state index in [-0.39, 0.29) is 17.6 Å². The van der Waals surface area contributed by atoms with Crippen molar-refractivity contribution < 1.29 is 19.4 Å². The Morgan fingerprint density at radius 2 is 1.89 bits per heavy atom. The minimum atomic E-state index is -0.743. The second-order valence-corrected chi connectivity index (χ2v) is 11.0. The molecule has 2 aliphatic carbocycles. The predicted octanol–water partition coefficient (Wildman–Crippen LogP) is 5.32. The Morgan fingerprint density at radius 1 is 1.08 bits per heavy atom. The number of benzene rings is 3. The van der Waals surface area contributed by atoms with Crippen molar-refractivity contribution in [2.75, 3.05) is 18.1 Å². The van der Waals surface area contributed by atoms with E-state index in [4.69, 9.17) is 9.47 Å². The highest BCUT2D eigenvalue weighted by molar-refractivity contribution is 5.99. The van der Waals surface area contributed by atoms with Crippen LogP contribution >= 0.6 is 0 Å². The molecule has 4 aliphatic rings. The van der Waals surface area contributed by atoms with Crippen LogP contribution in [0.3, 0.4) is 0 Å². The third kappa shape index (κ3) is 3.11. The first-order valence-electron chi connectivity index (χ1n) is 13.9. The van der Waals surface area contributed by atoms with Crippen molar-refractivity contribution in [2.24, 2.45) is 0 Å². The van der Waals surface area contributed by atoms with Crippen molar-refractivity contribution in [3.8, 4) is 11.5 Å². The van der Waals surface area contributed by atoms with E-state index < -0.39 is 17.1 Å². The topological polar surface area (TPSA) is 59.0 Å². The number of hydrogen-bond acceptors (Lipinski definition) is 5. The third-order valence-electron chi connectivity index (χ3n) is 9.31. The fourth-order valence-corrected chi connectivity index (χ4v) is 7.71. The Hall–Kier alpha value is -3.57. The van der Waals surface area contributed by atoms with Gasteiger partial charge in [0.15, 0.2) is 23.4 Å². The minimum Gasteiger partial charge on any atom is -0.504 e. The van der Waals surface area contributed by atoms with Crippen LogP contribution in [0.1, 0.15) is 42.0 Å². The largest absolute Gasteiger partial charge is 0.504 e. The monoisotopic (exact) mass is 507 g/mol. The number of carbonyl (C=O) groups is 1. The molecule has 2 aliphatic heterocycles. The molecule has 2 heterocycles. The Balaban J connectivity index is 1.35. The molecule has 3 aromatic rings. The van der Waals surface area contributed by atoms with Crippen LogP contribution in [-0.4, -0.2) is 41.8 Å². The van der Waals surface area contributed by atoms with Gasteiger partial charge in [-0.25, -0.2) is 0 Å². The number of rotatable bonds is 7. The molecule has 1 saturated heterocycles. The summed E-state index contributed by atoms with van der Waals surface area (Å²) in [5.41, 5.74) is 4.59. The van der Waals surface area contributed by atoms with Crippen LogP contribution in [0, 0.1) is 0 Å². The summed E-state index contributed by atoms with van der Waals surface area (Å²) in [7, 11) is 0. The SMILES string of the molecule is CCc1ccccc1N1CC[C@]23c4c5ccc(O)c4O[C@H]2C(=O)C=C[C@@]3(OCCCc2ccccc2)[C@H]1C5. The zero-order valence-electron chi connectivity index (χ0n) is 21.7. The second-order valence-electron chi connectivity index (χ2n) is 11.0. The Labute approximate surface area is 223 Å². The summed E-state index contributed by atoms with van der Waals surface area (Å²) in [5.74, 6) is 0.538. The average molecular weight is 508 g/mol. The molecule has 5 heteroatoms. The molecule has 0 saturated carbocycles. The molecule has 2 bridgehead atoms. The van der Waals surface area contributed by atoms with Crippen molar-refractivity contribution in [3.63, 3.8) is 0 Å². The van der Waals surface area contributed by atoms with Crippen LogP contribution in [0.25, 0.3) is 0 Å². The smallest absolute Gasteiger partial charge is 0.196 e. The molecular weight excluding hydrogens is 474 g/mol. The average Bonchev–Trinajstić information content (AvgIpc) is 3.31. The molecule has 1 fully saturated rings. The lowest BCUT2D eigenvalue weighted by Crippen LogP contribution is -2.76. The molecular formula is C33H33NO4. The summed E-state index contributed by atoms with van der Waals surface area (Å²) in [6.07, 6.45) is 7.27. The molecule has 0 unspecified atom stereocenters. The second kappa shape index (κ2) is 8.74. The van der Waals surface area contributed by atoms with Crippen LogP contribution in [0.4, 0.5) is 5.69 Å². The lowest BCUT2D eigenvalue weighted by atomic mass is 9.50. The van der Waals surface area contributed by atoms with E-state index in [2.05, 4.69) is 60.4 Å². The summed E-state index contributed by atoms with van der Waals surface area (Å²) < 4.78 is 13.4. The van der Waals surface area contributed by atoms with E-state index in [9.17, 15) is 9.90 Å². The summed E-state index contributed by atoms with van der Waals surface area (Å²) >= 11 is 0. The number of carbonyl (C=O) groups excluding carboxylic acids is 1. The van der Waals surface area contributed by atoms with Gasteiger partial charge in [0.1, 0.15) is 5.60 Å². The lowest BCUT2D eigenvalue weighted by molar-refractivity contribution is -0.150. The number of hydrogen-bond donors (Lipinski definition) is 1. The van der Waals surface area contributed by atoms with Gasteiger partial charge in [-0.05, 0) is 73.1 Å². The van der Waals surface area contributed by atoms with Gasteiger partial charge in [0.25, 0.3) is 0 Å². The quantitative estimate of drug-likeness (QED) is 0.439. The maximum absolute atomic E-state index is 13.4. The summed E-state index contributed by atoms with van der Waals surface area (Å²) in [6, 6.07) is 22.9. The van der Waals surface area contributed by atoms with Gasteiger partial charge in [0.05, 0.1) is 11.5 Å². The van der Waals surface area contributed by atoms with Gasteiger partial charge in [-0.15, -0.1) is 0 Å².